The molecule has 6 rings (SSSR count). The molecular weight excluding hydrogens is 752 g/mol. The molecule has 0 bridgehead atoms. The Morgan fingerprint density at radius 3 is 2.72 bits per heavy atom. The number of likely N-dealkylation sites (tertiary alicyclic amines) is 1. The number of anilines is 1. The summed E-state index contributed by atoms with van der Waals surface area (Å²) in [6.45, 7) is 12.9. The second-order valence-corrected chi connectivity index (χ2v) is 16.9. The van der Waals surface area contributed by atoms with Gasteiger partial charge in [-0.15, -0.1) is 11.8 Å². The lowest BCUT2D eigenvalue weighted by molar-refractivity contribution is -0.160. The molecule has 2 aromatic rings. The Hall–Kier alpha value is -3.76. The first-order valence-corrected chi connectivity index (χ1v) is 21.5. The van der Waals surface area contributed by atoms with Crippen LogP contribution in [0.1, 0.15) is 63.1 Å². The highest BCUT2D eigenvalue weighted by Gasteiger charge is 2.42. The number of carbonyl (C=O) groups is 3. The van der Waals surface area contributed by atoms with E-state index in [1.165, 1.54) is 0 Å². The fourth-order valence-corrected chi connectivity index (χ4v) is 9.12. The first-order valence-electron chi connectivity index (χ1n) is 20.5. The van der Waals surface area contributed by atoms with E-state index in [-0.39, 0.29) is 60.6 Å². The Morgan fingerprint density at radius 2 is 1.93 bits per heavy atom. The Balaban J connectivity index is 0.868. The van der Waals surface area contributed by atoms with Gasteiger partial charge in [0, 0.05) is 63.7 Å². The second kappa shape index (κ2) is 20.3. The Labute approximate surface area is 340 Å². The number of phenolic OH excluding ortho intramolecular Hbond substituents is 1. The minimum absolute atomic E-state index is 0.00300. The third-order valence-corrected chi connectivity index (χ3v) is 12.2. The van der Waals surface area contributed by atoms with Gasteiger partial charge in [0.15, 0.2) is 12.4 Å². The van der Waals surface area contributed by atoms with Crippen molar-refractivity contribution in [3.8, 4) is 11.5 Å². The van der Waals surface area contributed by atoms with Crippen LogP contribution >= 0.6 is 11.8 Å². The third kappa shape index (κ3) is 11.5. The maximum Gasteiger partial charge on any atom is 0.262 e. The molecule has 2 aromatic carbocycles. The number of carbonyl (C=O) groups excluding carboxylic acids is 3. The van der Waals surface area contributed by atoms with E-state index in [2.05, 4.69) is 29.4 Å². The van der Waals surface area contributed by atoms with E-state index in [4.69, 9.17) is 19.2 Å². The summed E-state index contributed by atoms with van der Waals surface area (Å²) in [4.78, 5) is 48.7. The number of ether oxygens (including phenoxy) is 3. The monoisotopic (exact) mass is 810 g/mol. The molecule has 1 unspecified atom stereocenters. The first kappa shape index (κ1) is 42.8. The summed E-state index contributed by atoms with van der Waals surface area (Å²) in [5.74, 6) is 1.32. The van der Waals surface area contributed by atoms with Gasteiger partial charge < -0.3 is 39.8 Å². The number of piperidine rings is 1. The molecule has 57 heavy (non-hydrogen) atoms. The molecule has 15 heteroatoms. The molecule has 4 aliphatic rings. The summed E-state index contributed by atoms with van der Waals surface area (Å²) in [6, 6.07) is 8.57. The number of nitrogens with zero attached hydrogens (tertiary/aromatic N) is 4. The lowest BCUT2D eigenvalue weighted by Crippen LogP contribution is -2.59. The van der Waals surface area contributed by atoms with E-state index in [9.17, 15) is 19.5 Å². The number of hydrogen-bond donors (Lipinski definition) is 3. The molecule has 0 radical (unpaired) electrons. The van der Waals surface area contributed by atoms with Crippen LogP contribution < -0.4 is 15.4 Å². The summed E-state index contributed by atoms with van der Waals surface area (Å²) in [7, 11) is 0. The van der Waals surface area contributed by atoms with E-state index >= 15 is 4.39 Å². The number of phenols is 1. The highest BCUT2D eigenvalue weighted by atomic mass is 32.2. The zero-order chi connectivity index (χ0) is 40.4. The van der Waals surface area contributed by atoms with Gasteiger partial charge in [-0.25, -0.2) is 4.39 Å². The number of hydrogen-bond acceptors (Lipinski definition) is 11. The van der Waals surface area contributed by atoms with Crippen molar-refractivity contribution in [2.45, 2.75) is 77.5 Å². The van der Waals surface area contributed by atoms with Gasteiger partial charge in [-0.1, -0.05) is 38.1 Å². The summed E-state index contributed by atoms with van der Waals surface area (Å²) in [5.41, 5.74) is 2.08. The standard InChI is InChI=1S/C42H59FN6O7S/c1-4-48(19-16-44-15-10-31-8-9-34(50)39-40(31)55-26-35(51)46-39)37(52)12-22-54-21-11-30-6-5-7-32(38(30)43)25-47-17-13-42(14-18-47)28-49(20-23-56-42)41(53)33-27-57-36(45-33)24-29(2)3/h5-9,29,33,44,50H,4,10-28H2,1-3H3,(H,46,51). The van der Waals surface area contributed by atoms with E-state index in [1.807, 2.05) is 24.0 Å². The van der Waals surface area contributed by atoms with Gasteiger partial charge in [-0.3, -0.25) is 24.3 Å². The number of aromatic hydroxyl groups is 1. The van der Waals surface area contributed by atoms with Crippen molar-refractivity contribution in [2.24, 2.45) is 10.9 Å². The fraction of sp³-hybridized carbons (Fsp3) is 0.619. The van der Waals surface area contributed by atoms with Gasteiger partial charge >= 0.3 is 0 Å². The molecule has 2 saturated heterocycles. The number of halogens is 1. The number of amides is 3. The average Bonchev–Trinajstić information content (AvgIpc) is 3.66. The number of morpholine rings is 1. The molecule has 312 valence electrons. The number of thioether (sulfide) groups is 1. The SMILES string of the molecule is CCN(CCNCCc1ccc(O)c2c1OCC(=O)N2)C(=O)CCOCCc1cccc(CN2CCC3(CC2)CN(C(=O)C2CSC(CC(C)C)=N2)CCO3)c1F. The van der Waals surface area contributed by atoms with Crippen LogP contribution in [-0.4, -0.2) is 139 Å². The summed E-state index contributed by atoms with van der Waals surface area (Å²) in [5, 5.41) is 17.2. The van der Waals surface area contributed by atoms with Gasteiger partial charge in [0.05, 0.1) is 36.9 Å². The van der Waals surface area contributed by atoms with Crippen molar-refractivity contribution in [1.29, 1.82) is 0 Å². The smallest absolute Gasteiger partial charge is 0.262 e. The quantitative estimate of drug-likeness (QED) is 0.148. The van der Waals surface area contributed by atoms with Crippen molar-refractivity contribution in [1.82, 2.24) is 20.0 Å². The minimum Gasteiger partial charge on any atom is -0.506 e. The van der Waals surface area contributed by atoms with E-state index in [0.29, 0.717) is 100 Å². The van der Waals surface area contributed by atoms with Crippen LogP contribution in [0.25, 0.3) is 0 Å². The Kier molecular flexibility index (Phi) is 15.2. The zero-order valence-electron chi connectivity index (χ0n) is 33.7. The van der Waals surface area contributed by atoms with Gasteiger partial charge in [0.25, 0.3) is 5.91 Å². The summed E-state index contributed by atoms with van der Waals surface area (Å²) in [6.07, 6.45) is 3.80. The van der Waals surface area contributed by atoms with E-state index < -0.39 is 0 Å². The predicted octanol–water partition coefficient (Wildman–Crippen LogP) is 4.25. The Morgan fingerprint density at radius 1 is 1.12 bits per heavy atom. The highest BCUT2D eigenvalue weighted by Crippen LogP contribution is 2.39. The largest absolute Gasteiger partial charge is 0.506 e. The second-order valence-electron chi connectivity index (χ2n) is 15.8. The molecule has 4 heterocycles. The molecular formula is C42H59FN6O7S. The number of rotatable bonds is 18. The summed E-state index contributed by atoms with van der Waals surface area (Å²) >= 11 is 1.71. The zero-order valence-corrected chi connectivity index (χ0v) is 34.5. The number of aliphatic imine (C=N–C) groups is 1. The lowest BCUT2D eigenvalue weighted by Gasteiger charge is -2.47. The normalized spacial score (nSPS) is 19.3. The van der Waals surface area contributed by atoms with Crippen molar-refractivity contribution in [3.05, 3.63) is 52.8 Å². The van der Waals surface area contributed by atoms with Crippen LogP contribution in [0.5, 0.6) is 11.5 Å². The number of fused-ring (bicyclic) bond motifs is 1. The van der Waals surface area contributed by atoms with Crippen LogP contribution in [0.15, 0.2) is 35.3 Å². The van der Waals surface area contributed by atoms with Crippen molar-refractivity contribution < 1.29 is 38.1 Å². The minimum atomic E-state index is -0.362. The Bertz CT molecular complexity index is 1750. The molecule has 1 spiro atoms. The summed E-state index contributed by atoms with van der Waals surface area (Å²) < 4.78 is 33.3. The molecule has 0 aliphatic carbocycles. The molecule has 13 nitrogen and oxygen atoms in total. The number of benzene rings is 2. The van der Waals surface area contributed by atoms with Crippen LogP contribution in [0.3, 0.4) is 0 Å². The number of nitrogens with one attached hydrogen (secondary N) is 2. The van der Waals surface area contributed by atoms with E-state index in [0.717, 1.165) is 48.7 Å². The van der Waals surface area contributed by atoms with Crippen LogP contribution in [0.4, 0.5) is 10.1 Å². The molecule has 3 N–H and O–H groups in total. The predicted molar refractivity (Wildman–Crippen MR) is 220 cm³/mol. The maximum absolute atomic E-state index is 15.7. The van der Waals surface area contributed by atoms with Crippen molar-refractivity contribution in [3.63, 3.8) is 0 Å². The molecule has 1 atom stereocenters. The topological polar surface area (TPSA) is 145 Å². The van der Waals surface area contributed by atoms with Gasteiger partial charge in [0.1, 0.15) is 23.3 Å². The van der Waals surface area contributed by atoms with E-state index in [1.54, 1.807) is 34.9 Å². The third-order valence-electron chi connectivity index (χ3n) is 11.1. The van der Waals surface area contributed by atoms with Crippen molar-refractivity contribution in [2.75, 3.05) is 89.9 Å². The van der Waals surface area contributed by atoms with Crippen LogP contribution in [0, 0.1) is 11.7 Å². The molecule has 2 fully saturated rings. The molecule has 0 aromatic heterocycles. The molecule has 3 amide bonds. The molecule has 0 saturated carbocycles. The van der Waals surface area contributed by atoms with Crippen LogP contribution in [-0.2, 0) is 43.2 Å². The number of likely N-dealkylation sites (N-methyl/N-ethyl adjacent to an activating group) is 1. The van der Waals surface area contributed by atoms with Gasteiger partial charge in [0.2, 0.25) is 11.8 Å². The van der Waals surface area contributed by atoms with Gasteiger partial charge in [-0.2, -0.15) is 0 Å². The van der Waals surface area contributed by atoms with Crippen molar-refractivity contribution >= 4 is 40.2 Å². The first-order chi connectivity index (χ1) is 27.5. The van der Waals surface area contributed by atoms with Crippen LogP contribution in [0.2, 0.25) is 0 Å². The molecule has 4 aliphatic heterocycles. The van der Waals surface area contributed by atoms with Gasteiger partial charge in [-0.05, 0) is 68.7 Å². The lowest BCUT2D eigenvalue weighted by atomic mass is 9.89. The fourth-order valence-electron chi connectivity index (χ4n) is 7.90. The average molecular weight is 811 g/mol. The highest BCUT2D eigenvalue weighted by molar-refractivity contribution is 8.14. The maximum atomic E-state index is 15.7.